The molecular weight excluding hydrogens is 215 g/mol. The van der Waals surface area contributed by atoms with E-state index in [0.717, 1.165) is 5.56 Å². The van der Waals surface area contributed by atoms with Gasteiger partial charge in [-0.1, -0.05) is 30.3 Å². The molecule has 1 nitrogen and oxygen atoms in total. The Morgan fingerprint density at radius 1 is 1.12 bits per heavy atom. The van der Waals surface area contributed by atoms with Gasteiger partial charge in [-0.05, 0) is 24.8 Å². The zero-order valence-corrected chi connectivity index (χ0v) is 8.67. The van der Waals surface area contributed by atoms with Gasteiger partial charge in [-0.2, -0.15) is 13.2 Å². The first-order chi connectivity index (χ1) is 7.57. The van der Waals surface area contributed by atoms with Crippen molar-refractivity contribution in [3.05, 3.63) is 35.9 Å². The average molecular weight is 227 g/mol. The first-order valence-corrected chi connectivity index (χ1v) is 5.26. The molecule has 0 amide bonds. The van der Waals surface area contributed by atoms with Crippen LogP contribution in [-0.4, -0.2) is 17.9 Å². The average Bonchev–Trinajstić information content (AvgIpc) is 2.29. The van der Waals surface area contributed by atoms with Gasteiger partial charge < -0.3 is 0 Å². The van der Waals surface area contributed by atoms with E-state index in [0.29, 0.717) is 18.6 Å². The fraction of sp³-hybridized carbons (Fsp3) is 0.417. The summed E-state index contributed by atoms with van der Waals surface area (Å²) in [6, 6.07) is 7.56. The van der Waals surface area contributed by atoms with Crippen LogP contribution in [0.1, 0.15) is 24.8 Å². The van der Waals surface area contributed by atoms with E-state index in [2.05, 4.69) is 4.99 Å². The molecule has 0 aromatic heterocycles. The summed E-state index contributed by atoms with van der Waals surface area (Å²) >= 11 is 0. The number of hydrogen-bond acceptors (Lipinski definition) is 1. The van der Waals surface area contributed by atoms with Crippen LogP contribution in [0.2, 0.25) is 0 Å². The Balaban J connectivity index is 2.26. The molecule has 0 saturated carbocycles. The third-order valence-electron chi connectivity index (χ3n) is 2.69. The molecule has 0 saturated heterocycles. The van der Waals surface area contributed by atoms with E-state index in [1.807, 2.05) is 18.2 Å². The highest BCUT2D eigenvalue weighted by molar-refractivity contribution is 6.01. The van der Waals surface area contributed by atoms with Crippen molar-refractivity contribution in [3.63, 3.8) is 0 Å². The van der Waals surface area contributed by atoms with Crippen molar-refractivity contribution in [3.8, 4) is 0 Å². The quantitative estimate of drug-likeness (QED) is 0.695. The normalized spacial score (nSPS) is 21.7. The molecule has 4 heteroatoms. The van der Waals surface area contributed by atoms with Crippen LogP contribution in [0, 0.1) is 0 Å². The minimum atomic E-state index is -4.21. The van der Waals surface area contributed by atoms with Crippen LogP contribution < -0.4 is 0 Å². The number of alkyl halides is 3. The molecule has 1 aromatic rings. The molecule has 0 bridgehead atoms. The maximum atomic E-state index is 12.5. The molecule has 1 aliphatic rings. The zero-order valence-electron chi connectivity index (χ0n) is 8.67. The Kier molecular flexibility index (Phi) is 2.99. The third kappa shape index (κ3) is 2.43. The SMILES string of the molecule is FC(F)(F)C1CCCC(c2ccccc2)=N1. The Hall–Kier alpha value is -1.32. The second-order valence-corrected chi connectivity index (χ2v) is 3.89. The lowest BCUT2D eigenvalue weighted by molar-refractivity contribution is -0.149. The van der Waals surface area contributed by atoms with Crippen LogP contribution in [0.5, 0.6) is 0 Å². The number of rotatable bonds is 1. The molecular formula is C12H12F3N. The predicted molar refractivity (Wildman–Crippen MR) is 56.7 cm³/mol. The van der Waals surface area contributed by atoms with E-state index < -0.39 is 12.2 Å². The first kappa shape index (κ1) is 11.2. The standard InChI is InChI=1S/C12H12F3N/c13-12(14,15)11-8-4-7-10(16-11)9-5-2-1-3-6-9/h1-3,5-6,11H,4,7-8H2. The van der Waals surface area contributed by atoms with Crippen molar-refractivity contribution < 1.29 is 13.2 Å². The molecule has 1 heterocycles. The van der Waals surface area contributed by atoms with Gasteiger partial charge >= 0.3 is 6.18 Å². The predicted octanol–water partition coefficient (Wildman–Crippen LogP) is 3.59. The summed E-state index contributed by atoms with van der Waals surface area (Å²) in [5.74, 6) is 0. The van der Waals surface area contributed by atoms with Crippen LogP contribution >= 0.6 is 0 Å². The summed E-state index contributed by atoms with van der Waals surface area (Å²) < 4.78 is 37.6. The molecule has 0 fully saturated rings. The maximum Gasteiger partial charge on any atom is 0.410 e. The van der Waals surface area contributed by atoms with Gasteiger partial charge in [0.15, 0.2) is 0 Å². The summed E-state index contributed by atoms with van der Waals surface area (Å²) in [5.41, 5.74) is 1.38. The van der Waals surface area contributed by atoms with E-state index in [1.54, 1.807) is 12.1 Å². The van der Waals surface area contributed by atoms with E-state index in [1.165, 1.54) is 0 Å². The minimum absolute atomic E-state index is 0.111. The minimum Gasteiger partial charge on any atom is -0.276 e. The van der Waals surface area contributed by atoms with E-state index in [9.17, 15) is 13.2 Å². The summed E-state index contributed by atoms with van der Waals surface area (Å²) in [7, 11) is 0. The molecule has 0 aliphatic carbocycles. The number of nitrogens with zero attached hydrogens (tertiary/aromatic N) is 1. The number of aliphatic imine (C=N–C) groups is 1. The number of hydrogen-bond donors (Lipinski definition) is 0. The Bertz CT molecular complexity index is 381. The van der Waals surface area contributed by atoms with Gasteiger partial charge in [-0.15, -0.1) is 0 Å². The van der Waals surface area contributed by atoms with E-state index >= 15 is 0 Å². The van der Waals surface area contributed by atoms with Crippen LogP contribution in [-0.2, 0) is 0 Å². The van der Waals surface area contributed by atoms with Gasteiger partial charge in [0.05, 0.1) is 0 Å². The maximum absolute atomic E-state index is 12.5. The lowest BCUT2D eigenvalue weighted by Crippen LogP contribution is -2.31. The van der Waals surface area contributed by atoms with Crippen LogP contribution in [0.4, 0.5) is 13.2 Å². The molecule has 2 rings (SSSR count). The van der Waals surface area contributed by atoms with Crippen molar-refractivity contribution in [2.24, 2.45) is 4.99 Å². The van der Waals surface area contributed by atoms with E-state index in [4.69, 9.17) is 0 Å². The fourth-order valence-electron chi connectivity index (χ4n) is 1.87. The highest BCUT2D eigenvalue weighted by Crippen LogP contribution is 2.30. The zero-order chi connectivity index (χ0) is 11.6. The van der Waals surface area contributed by atoms with Crippen LogP contribution in [0.15, 0.2) is 35.3 Å². The highest BCUT2D eigenvalue weighted by Gasteiger charge is 2.40. The second kappa shape index (κ2) is 4.28. The topological polar surface area (TPSA) is 12.4 Å². The summed E-state index contributed by atoms with van der Waals surface area (Å²) in [5, 5.41) is 0. The molecule has 1 aromatic carbocycles. The van der Waals surface area contributed by atoms with Gasteiger partial charge in [0.1, 0.15) is 6.04 Å². The molecule has 1 aliphatic heterocycles. The molecule has 86 valence electrons. The summed E-state index contributed by atoms with van der Waals surface area (Å²) in [4.78, 5) is 3.81. The molecule has 1 unspecified atom stereocenters. The Morgan fingerprint density at radius 2 is 1.81 bits per heavy atom. The molecule has 0 radical (unpaired) electrons. The second-order valence-electron chi connectivity index (χ2n) is 3.89. The summed E-state index contributed by atoms with van der Waals surface area (Å²) in [6.07, 6.45) is -2.91. The van der Waals surface area contributed by atoms with Crippen molar-refractivity contribution >= 4 is 5.71 Å². The smallest absolute Gasteiger partial charge is 0.276 e. The van der Waals surface area contributed by atoms with Gasteiger partial charge in [0, 0.05) is 5.71 Å². The van der Waals surface area contributed by atoms with Gasteiger partial charge in [0.25, 0.3) is 0 Å². The fourth-order valence-corrected chi connectivity index (χ4v) is 1.87. The van der Waals surface area contributed by atoms with Gasteiger partial charge in [-0.25, -0.2) is 0 Å². The highest BCUT2D eigenvalue weighted by atomic mass is 19.4. The first-order valence-electron chi connectivity index (χ1n) is 5.26. The summed E-state index contributed by atoms with van der Waals surface area (Å²) in [6.45, 7) is 0. The largest absolute Gasteiger partial charge is 0.410 e. The lowest BCUT2D eigenvalue weighted by atomic mass is 9.98. The van der Waals surface area contributed by atoms with Gasteiger partial charge in [-0.3, -0.25) is 4.99 Å². The van der Waals surface area contributed by atoms with Crippen LogP contribution in [0.3, 0.4) is 0 Å². The molecule has 16 heavy (non-hydrogen) atoms. The Labute approximate surface area is 92.0 Å². The van der Waals surface area contributed by atoms with Crippen molar-refractivity contribution in [1.82, 2.24) is 0 Å². The lowest BCUT2D eigenvalue weighted by Gasteiger charge is -2.22. The molecule has 0 spiro atoms. The Morgan fingerprint density at radius 3 is 2.44 bits per heavy atom. The molecule has 1 atom stereocenters. The molecule has 0 N–H and O–H groups in total. The number of benzene rings is 1. The third-order valence-corrected chi connectivity index (χ3v) is 2.69. The van der Waals surface area contributed by atoms with Crippen LogP contribution in [0.25, 0.3) is 0 Å². The van der Waals surface area contributed by atoms with Crippen molar-refractivity contribution in [2.45, 2.75) is 31.5 Å². The van der Waals surface area contributed by atoms with E-state index in [-0.39, 0.29) is 6.42 Å². The monoisotopic (exact) mass is 227 g/mol. The number of halogens is 3. The van der Waals surface area contributed by atoms with Crippen molar-refractivity contribution in [2.75, 3.05) is 0 Å². The van der Waals surface area contributed by atoms with Crippen molar-refractivity contribution in [1.29, 1.82) is 0 Å². The van der Waals surface area contributed by atoms with Gasteiger partial charge in [0.2, 0.25) is 0 Å².